The third kappa shape index (κ3) is 2.86. The summed E-state index contributed by atoms with van der Waals surface area (Å²) in [5.41, 5.74) is 1.21. The zero-order valence-electron chi connectivity index (χ0n) is 12.8. The van der Waals surface area contributed by atoms with E-state index in [0.717, 1.165) is 40.8 Å². The van der Waals surface area contributed by atoms with Gasteiger partial charge in [0.15, 0.2) is 10.6 Å². The molecule has 2 aromatic rings. The lowest BCUT2D eigenvalue weighted by atomic mass is 9.98. The van der Waals surface area contributed by atoms with Gasteiger partial charge >= 0.3 is 0 Å². The molecule has 2 rings (SSSR count). The second-order valence-corrected chi connectivity index (χ2v) is 7.28. The summed E-state index contributed by atoms with van der Waals surface area (Å²) >= 11 is 7.03. The smallest absolute Gasteiger partial charge is 0.195 e. The summed E-state index contributed by atoms with van der Waals surface area (Å²) in [5.74, 6) is 0.925. The van der Waals surface area contributed by atoms with Crippen molar-refractivity contribution < 1.29 is 0 Å². The molecule has 0 amide bonds. The summed E-state index contributed by atoms with van der Waals surface area (Å²) in [7, 11) is 0. The van der Waals surface area contributed by atoms with Gasteiger partial charge < -0.3 is 0 Å². The van der Waals surface area contributed by atoms with E-state index in [4.69, 9.17) is 17.2 Å². The molecule has 0 fully saturated rings. The topological polar surface area (TPSA) is 46.5 Å². The maximum atomic E-state index is 5.29. The number of nitrogens with one attached hydrogen (secondary N) is 1. The number of hydrogen-bond acceptors (Lipinski definition) is 4. The predicted octanol–water partition coefficient (Wildman–Crippen LogP) is 4.33. The highest BCUT2D eigenvalue weighted by Gasteiger charge is 2.24. The maximum absolute atomic E-state index is 5.29. The number of nitrogens with zero attached hydrogens (tertiary/aromatic N) is 3. The van der Waals surface area contributed by atoms with Crippen molar-refractivity contribution in [1.29, 1.82) is 0 Å². The molecule has 0 aliphatic rings. The van der Waals surface area contributed by atoms with Crippen LogP contribution in [0.1, 0.15) is 51.7 Å². The Hall–Kier alpha value is -1.01. The Morgan fingerprint density at radius 2 is 2.00 bits per heavy atom. The third-order valence-electron chi connectivity index (χ3n) is 3.10. The molecule has 110 valence electrons. The van der Waals surface area contributed by atoms with Crippen molar-refractivity contribution in [2.24, 2.45) is 0 Å². The number of aromatic nitrogens is 4. The van der Waals surface area contributed by atoms with Gasteiger partial charge in [0, 0.05) is 12.0 Å². The van der Waals surface area contributed by atoms with E-state index < -0.39 is 0 Å². The zero-order chi connectivity index (χ0) is 14.9. The summed E-state index contributed by atoms with van der Waals surface area (Å²) in [4.78, 5) is 6.01. The molecule has 0 atom stereocenters. The fourth-order valence-corrected chi connectivity index (χ4v) is 3.47. The highest BCUT2D eigenvalue weighted by Crippen LogP contribution is 2.35. The molecule has 0 saturated heterocycles. The number of hydrogen-bond donors (Lipinski definition) is 1. The average Bonchev–Trinajstić information content (AvgIpc) is 2.92. The number of thiazole rings is 1. The minimum absolute atomic E-state index is 0.0650. The molecular weight excluding hydrogens is 288 g/mol. The second-order valence-electron chi connectivity index (χ2n) is 5.89. The Morgan fingerprint density at radius 3 is 2.55 bits per heavy atom. The Morgan fingerprint density at radius 1 is 1.30 bits per heavy atom. The van der Waals surface area contributed by atoms with E-state index >= 15 is 0 Å². The molecule has 0 aliphatic carbocycles. The first-order valence-corrected chi connectivity index (χ1v) is 8.26. The van der Waals surface area contributed by atoms with E-state index in [-0.39, 0.29) is 5.41 Å². The van der Waals surface area contributed by atoms with Crippen LogP contribution in [0.25, 0.3) is 10.7 Å². The lowest BCUT2D eigenvalue weighted by Crippen LogP contribution is -2.10. The first-order chi connectivity index (χ1) is 9.38. The second kappa shape index (κ2) is 5.77. The normalized spacial score (nSPS) is 12.1. The molecule has 6 heteroatoms. The van der Waals surface area contributed by atoms with Crippen LogP contribution in [0.2, 0.25) is 0 Å². The van der Waals surface area contributed by atoms with Crippen molar-refractivity contribution in [3.05, 3.63) is 15.5 Å². The maximum Gasteiger partial charge on any atom is 0.195 e. The first kappa shape index (κ1) is 15.4. The highest BCUT2D eigenvalue weighted by molar-refractivity contribution is 7.71. The molecule has 2 heterocycles. The molecule has 0 radical (unpaired) electrons. The SMILES string of the molecule is CCCc1nc(C(C)(C)C)sc1-c1n[nH]c(=S)n1CC. The van der Waals surface area contributed by atoms with Gasteiger partial charge in [-0.1, -0.05) is 34.1 Å². The standard InChI is InChI=1S/C14H22N4S2/c1-6-8-9-10(20-12(15-9)14(3,4)5)11-16-17-13(19)18(11)7-2/h6-8H2,1-5H3,(H,17,19). The van der Waals surface area contributed by atoms with Crippen LogP contribution < -0.4 is 0 Å². The number of H-pyrrole nitrogens is 1. The van der Waals surface area contributed by atoms with E-state index in [9.17, 15) is 0 Å². The molecule has 0 aromatic carbocycles. The van der Waals surface area contributed by atoms with Gasteiger partial charge in [-0.3, -0.25) is 9.67 Å². The minimum atomic E-state index is 0.0650. The van der Waals surface area contributed by atoms with Crippen molar-refractivity contribution in [3.63, 3.8) is 0 Å². The van der Waals surface area contributed by atoms with E-state index in [1.165, 1.54) is 0 Å². The molecule has 0 saturated carbocycles. The van der Waals surface area contributed by atoms with E-state index in [2.05, 4.69) is 44.8 Å². The molecule has 2 aromatic heterocycles. The van der Waals surface area contributed by atoms with Gasteiger partial charge in [-0.05, 0) is 25.6 Å². The van der Waals surface area contributed by atoms with Crippen LogP contribution in [-0.2, 0) is 18.4 Å². The third-order valence-corrected chi connectivity index (χ3v) is 4.93. The highest BCUT2D eigenvalue weighted by atomic mass is 32.1. The molecule has 4 nitrogen and oxygen atoms in total. The van der Waals surface area contributed by atoms with Gasteiger partial charge in [-0.15, -0.1) is 11.3 Å². The molecule has 0 bridgehead atoms. The Balaban J connectivity index is 2.59. The fraction of sp³-hybridized carbons (Fsp3) is 0.643. The quantitative estimate of drug-likeness (QED) is 0.855. The summed E-state index contributed by atoms with van der Waals surface area (Å²) in [6.07, 6.45) is 2.06. The van der Waals surface area contributed by atoms with Crippen molar-refractivity contribution in [2.45, 2.75) is 59.4 Å². The lowest BCUT2D eigenvalue weighted by molar-refractivity contribution is 0.582. The average molecular weight is 310 g/mol. The van der Waals surface area contributed by atoms with Gasteiger partial charge in [-0.25, -0.2) is 4.98 Å². The van der Waals surface area contributed by atoms with Gasteiger partial charge in [0.25, 0.3) is 0 Å². The van der Waals surface area contributed by atoms with Crippen molar-refractivity contribution in [1.82, 2.24) is 19.7 Å². The largest absolute Gasteiger partial charge is 0.300 e. The van der Waals surface area contributed by atoms with Crippen LogP contribution in [0, 0.1) is 4.77 Å². The van der Waals surface area contributed by atoms with Gasteiger partial charge in [0.05, 0.1) is 15.6 Å². The lowest BCUT2D eigenvalue weighted by Gasteiger charge is -2.13. The van der Waals surface area contributed by atoms with Crippen molar-refractivity contribution in [3.8, 4) is 10.7 Å². The van der Waals surface area contributed by atoms with E-state index in [0.29, 0.717) is 4.77 Å². The summed E-state index contributed by atoms with van der Waals surface area (Å²) in [6, 6.07) is 0. The number of rotatable bonds is 4. The fourth-order valence-electron chi connectivity index (χ4n) is 2.04. The first-order valence-electron chi connectivity index (χ1n) is 7.04. The van der Waals surface area contributed by atoms with Crippen LogP contribution in [0.4, 0.5) is 0 Å². The minimum Gasteiger partial charge on any atom is -0.300 e. The number of aromatic amines is 1. The van der Waals surface area contributed by atoms with Crippen LogP contribution in [-0.4, -0.2) is 19.7 Å². The Labute approximate surface area is 129 Å². The summed E-state index contributed by atoms with van der Waals surface area (Å²) in [6.45, 7) is 11.7. The molecule has 0 aliphatic heterocycles. The molecule has 20 heavy (non-hydrogen) atoms. The predicted molar refractivity (Wildman–Crippen MR) is 86.9 cm³/mol. The van der Waals surface area contributed by atoms with Crippen molar-refractivity contribution in [2.75, 3.05) is 0 Å². The zero-order valence-corrected chi connectivity index (χ0v) is 14.4. The van der Waals surface area contributed by atoms with Crippen LogP contribution in [0.5, 0.6) is 0 Å². The monoisotopic (exact) mass is 310 g/mol. The van der Waals surface area contributed by atoms with E-state index in [1.807, 2.05) is 4.57 Å². The molecule has 1 N–H and O–H groups in total. The summed E-state index contributed by atoms with van der Waals surface area (Å²) < 4.78 is 2.71. The van der Waals surface area contributed by atoms with Gasteiger partial charge in [0.1, 0.15) is 0 Å². The van der Waals surface area contributed by atoms with Crippen LogP contribution in [0.3, 0.4) is 0 Å². The van der Waals surface area contributed by atoms with Crippen LogP contribution in [0.15, 0.2) is 0 Å². The molecular formula is C14H22N4S2. The number of aryl methyl sites for hydroxylation is 1. The Bertz CT molecular complexity index is 643. The van der Waals surface area contributed by atoms with Gasteiger partial charge in [0.2, 0.25) is 0 Å². The van der Waals surface area contributed by atoms with Crippen molar-refractivity contribution >= 4 is 23.6 Å². The van der Waals surface area contributed by atoms with Gasteiger partial charge in [-0.2, -0.15) is 5.10 Å². The van der Waals surface area contributed by atoms with E-state index in [1.54, 1.807) is 11.3 Å². The summed E-state index contributed by atoms with van der Waals surface area (Å²) in [5, 5.41) is 8.47. The molecule has 0 unspecified atom stereocenters. The van der Waals surface area contributed by atoms with Crippen LogP contribution >= 0.6 is 23.6 Å². The Kier molecular flexibility index (Phi) is 4.44. The molecule has 0 spiro atoms.